The van der Waals surface area contributed by atoms with E-state index >= 15 is 0 Å². The Morgan fingerprint density at radius 2 is 1.93 bits per heavy atom. The number of fused-ring (bicyclic) bond motifs is 1. The van der Waals surface area contributed by atoms with E-state index in [-0.39, 0.29) is 18.4 Å². The van der Waals surface area contributed by atoms with Crippen LogP contribution in [0, 0.1) is 0 Å². The fourth-order valence-electron chi connectivity index (χ4n) is 3.18. The van der Waals surface area contributed by atoms with Crippen molar-refractivity contribution in [1.82, 2.24) is 0 Å². The normalized spacial score (nSPS) is 12.9. The van der Waals surface area contributed by atoms with Crippen molar-refractivity contribution in [3.63, 3.8) is 0 Å². The third-order valence-corrected chi connectivity index (χ3v) is 4.52. The van der Waals surface area contributed by atoms with E-state index < -0.39 is 0 Å². The molecule has 0 aliphatic carbocycles. The lowest BCUT2D eigenvalue weighted by atomic mass is 10.0. The predicted octanol–water partition coefficient (Wildman–Crippen LogP) is 3.40. The van der Waals surface area contributed by atoms with Crippen LogP contribution in [0.2, 0.25) is 0 Å². The highest BCUT2D eigenvalue weighted by atomic mass is 16.5. The molecule has 0 spiro atoms. The summed E-state index contributed by atoms with van der Waals surface area (Å²) in [5, 5.41) is 2.83. The average molecular weight is 368 g/mol. The summed E-state index contributed by atoms with van der Waals surface area (Å²) in [5.41, 5.74) is 2.67. The summed E-state index contributed by atoms with van der Waals surface area (Å²) in [6.07, 6.45) is 2.36. The van der Waals surface area contributed by atoms with Gasteiger partial charge in [-0.15, -0.1) is 0 Å². The molecule has 1 aliphatic rings. The van der Waals surface area contributed by atoms with Crippen molar-refractivity contribution < 1.29 is 19.1 Å². The Kier molecular flexibility index (Phi) is 5.96. The molecule has 2 aromatic carbocycles. The quantitative estimate of drug-likeness (QED) is 0.849. The first-order valence-corrected chi connectivity index (χ1v) is 9.11. The van der Waals surface area contributed by atoms with Crippen LogP contribution in [0.15, 0.2) is 42.5 Å². The van der Waals surface area contributed by atoms with Crippen molar-refractivity contribution in [3.05, 3.63) is 48.0 Å². The van der Waals surface area contributed by atoms with Gasteiger partial charge < -0.3 is 19.7 Å². The van der Waals surface area contributed by atoms with Crippen molar-refractivity contribution >= 4 is 23.2 Å². The molecule has 142 valence electrons. The molecule has 0 saturated heterocycles. The first kappa shape index (κ1) is 18.8. The largest absolute Gasteiger partial charge is 0.493 e. The van der Waals surface area contributed by atoms with Crippen LogP contribution in [0.3, 0.4) is 0 Å². The molecule has 0 bridgehead atoms. The number of hydrogen-bond donors (Lipinski definition) is 1. The van der Waals surface area contributed by atoms with Crippen molar-refractivity contribution in [2.75, 3.05) is 30.5 Å². The number of benzene rings is 2. The number of nitrogens with zero attached hydrogens (tertiary/aromatic N) is 1. The number of methoxy groups -OCH3 is 1. The van der Waals surface area contributed by atoms with E-state index in [9.17, 15) is 9.59 Å². The van der Waals surface area contributed by atoms with Crippen LogP contribution in [0.25, 0.3) is 0 Å². The summed E-state index contributed by atoms with van der Waals surface area (Å²) in [7, 11) is 1.55. The summed E-state index contributed by atoms with van der Waals surface area (Å²) in [6, 6.07) is 12.9. The Morgan fingerprint density at radius 3 is 2.67 bits per heavy atom. The Balaban J connectivity index is 1.67. The van der Waals surface area contributed by atoms with Gasteiger partial charge in [0.1, 0.15) is 0 Å². The minimum absolute atomic E-state index is 0.0962. The Morgan fingerprint density at radius 1 is 1.15 bits per heavy atom. The number of hydrogen-bond acceptors (Lipinski definition) is 4. The summed E-state index contributed by atoms with van der Waals surface area (Å²) in [5.74, 6) is 0.914. The number of ether oxygens (including phenoxy) is 2. The molecule has 0 saturated carbocycles. The standard InChI is InChI=1S/C21H24N2O4/c1-3-21(25)23-12-6-7-15-10-11-16(13-17(15)23)22-20(24)14-27-19-9-5-4-8-18(19)26-2/h4-5,8-11,13H,3,6-7,12,14H2,1-2H3,(H,22,24). The smallest absolute Gasteiger partial charge is 0.262 e. The van der Waals surface area contributed by atoms with Gasteiger partial charge in [-0.05, 0) is 42.7 Å². The zero-order valence-electron chi connectivity index (χ0n) is 15.7. The molecular formula is C21H24N2O4. The van der Waals surface area contributed by atoms with E-state index in [4.69, 9.17) is 9.47 Å². The number of rotatable bonds is 6. The summed E-state index contributed by atoms with van der Waals surface area (Å²) in [6.45, 7) is 2.44. The Labute approximate surface area is 159 Å². The molecule has 0 radical (unpaired) electrons. The van der Waals surface area contributed by atoms with E-state index in [2.05, 4.69) is 5.32 Å². The molecule has 2 aromatic rings. The van der Waals surface area contributed by atoms with Crippen molar-refractivity contribution in [2.24, 2.45) is 0 Å². The van der Waals surface area contributed by atoms with Crippen molar-refractivity contribution in [3.8, 4) is 11.5 Å². The van der Waals surface area contributed by atoms with Gasteiger partial charge in [-0.2, -0.15) is 0 Å². The Hall–Kier alpha value is -3.02. The average Bonchev–Trinajstić information content (AvgIpc) is 2.71. The van der Waals surface area contributed by atoms with Crippen LogP contribution in [0.1, 0.15) is 25.3 Å². The maximum atomic E-state index is 12.3. The topological polar surface area (TPSA) is 67.9 Å². The third-order valence-electron chi connectivity index (χ3n) is 4.52. The van der Waals surface area contributed by atoms with E-state index in [1.165, 1.54) is 0 Å². The van der Waals surface area contributed by atoms with Crippen molar-refractivity contribution in [1.29, 1.82) is 0 Å². The number of anilines is 2. The van der Waals surface area contributed by atoms with E-state index in [1.807, 2.05) is 37.3 Å². The molecule has 2 amide bonds. The fourth-order valence-corrected chi connectivity index (χ4v) is 3.18. The fraction of sp³-hybridized carbons (Fsp3) is 0.333. The number of aryl methyl sites for hydroxylation is 1. The van der Waals surface area contributed by atoms with Gasteiger partial charge in [-0.3, -0.25) is 9.59 Å². The van der Waals surface area contributed by atoms with Gasteiger partial charge in [-0.1, -0.05) is 25.1 Å². The second-order valence-corrected chi connectivity index (χ2v) is 6.33. The second-order valence-electron chi connectivity index (χ2n) is 6.33. The summed E-state index contributed by atoms with van der Waals surface area (Å²) in [4.78, 5) is 26.3. The maximum Gasteiger partial charge on any atom is 0.262 e. The van der Waals surface area contributed by atoms with E-state index in [1.54, 1.807) is 24.1 Å². The first-order valence-electron chi connectivity index (χ1n) is 9.11. The Bertz CT molecular complexity index is 835. The minimum Gasteiger partial charge on any atom is -0.493 e. The lowest BCUT2D eigenvalue weighted by molar-refractivity contribution is -0.119. The summed E-state index contributed by atoms with van der Waals surface area (Å²) >= 11 is 0. The van der Waals surface area contributed by atoms with Crippen LogP contribution in [-0.4, -0.2) is 32.1 Å². The van der Waals surface area contributed by atoms with Gasteiger partial charge in [0, 0.05) is 24.3 Å². The maximum absolute atomic E-state index is 12.3. The molecule has 1 N–H and O–H groups in total. The lowest BCUT2D eigenvalue weighted by Crippen LogP contribution is -2.35. The number of amides is 2. The number of nitrogens with one attached hydrogen (secondary N) is 1. The first-order chi connectivity index (χ1) is 13.1. The summed E-state index contributed by atoms with van der Waals surface area (Å²) < 4.78 is 10.8. The van der Waals surface area contributed by atoms with Crippen LogP contribution >= 0.6 is 0 Å². The highest BCUT2D eigenvalue weighted by Gasteiger charge is 2.22. The van der Waals surface area contributed by atoms with Gasteiger partial charge >= 0.3 is 0 Å². The van der Waals surface area contributed by atoms with Gasteiger partial charge in [0.25, 0.3) is 5.91 Å². The molecule has 6 heteroatoms. The van der Waals surface area contributed by atoms with Gasteiger partial charge in [0.15, 0.2) is 18.1 Å². The molecular weight excluding hydrogens is 344 g/mol. The zero-order chi connectivity index (χ0) is 19.2. The van der Waals surface area contributed by atoms with Crippen LogP contribution in [0.4, 0.5) is 11.4 Å². The highest BCUT2D eigenvalue weighted by Crippen LogP contribution is 2.31. The molecule has 27 heavy (non-hydrogen) atoms. The predicted molar refractivity (Wildman–Crippen MR) is 105 cm³/mol. The number of para-hydroxylation sites is 2. The van der Waals surface area contributed by atoms with Gasteiger partial charge in [0.05, 0.1) is 7.11 Å². The molecule has 1 aliphatic heterocycles. The molecule has 0 unspecified atom stereocenters. The van der Waals surface area contributed by atoms with Crippen LogP contribution in [0.5, 0.6) is 11.5 Å². The SMILES string of the molecule is CCC(=O)N1CCCc2ccc(NC(=O)COc3ccccc3OC)cc21. The van der Waals surface area contributed by atoms with Crippen molar-refractivity contribution in [2.45, 2.75) is 26.2 Å². The van der Waals surface area contributed by atoms with Gasteiger partial charge in [0.2, 0.25) is 5.91 Å². The van der Waals surface area contributed by atoms with E-state index in [0.717, 1.165) is 24.1 Å². The molecule has 0 fully saturated rings. The zero-order valence-corrected chi connectivity index (χ0v) is 15.7. The van der Waals surface area contributed by atoms with E-state index in [0.29, 0.717) is 30.2 Å². The molecule has 0 aromatic heterocycles. The molecule has 0 atom stereocenters. The third kappa shape index (κ3) is 4.39. The monoisotopic (exact) mass is 368 g/mol. The second kappa shape index (κ2) is 8.58. The molecule has 1 heterocycles. The van der Waals surface area contributed by atoms with Crippen LogP contribution < -0.4 is 19.7 Å². The highest BCUT2D eigenvalue weighted by molar-refractivity contribution is 5.97. The molecule has 6 nitrogen and oxygen atoms in total. The minimum atomic E-state index is -0.273. The molecule has 3 rings (SSSR count). The van der Waals surface area contributed by atoms with Crippen LogP contribution in [-0.2, 0) is 16.0 Å². The number of carbonyl (C=O) groups is 2. The lowest BCUT2D eigenvalue weighted by Gasteiger charge is -2.29. The number of carbonyl (C=O) groups excluding carboxylic acids is 2. The van der Waals surface area contributed by atoms with Gasteiger partial charge in [-0.25, -0.2) is 0 Å².